The van der Waals surface area contributed by atoms with Gasteiger partial charge in [0.1, 0.15) is 0 Å². The third-order valence-corrected chi connectivity index (χ3v) is 3.73. The first-order valence-electron chi connectivity index (χ1n) is 5.33. The SMILES string of the molecule is CC(=O)Nc1ccc(S(=O)(=O)N[C@@H](C)C(=O)[O-])cc1. The largest absolute Gasteiger partial charge is 0.548 e. The van der Waals surface area contributed by atoms with E-state index in [9.17, 15) is 23.1 Å². The highest BCUT2D eigenvalue weighted by Gasteiger charge is 2.17. The molecule has 1 atom stereocenters. The lowest BCUT2D eigenvalue weighted by Crippen LogP contribution is -2.45. The maximum atomic E-state index is 11.8. The second kappa shape index (κ2) is 5.81. The van der Waals surface area contributed by atoms with Crippen LogP contribution in [0.1, 0.15) is 13.8 Å². The summed E-state index contributed by atoms with van der Waals surface area (Å²) in [5.74, 6) is -1.79. The highest BCUT2D eigenvalue weighted by Crippen LogP contribution is 2.14. The van der Waals surface area contributed by atoms with Crippen molar-refractivity contribution in [2.24, 2.45) is 0 Å². The number of carboxylic acids is 1. The van der Waals surface area contributed by atoms with Gasteiger partial charge in [0.25, 0.3) is 0 Å². The summed E-state index contributed by atoms with van der Waals surface area (Å²) in [6.45, 7) is 2.49. The molecule has 1 amide bonds. The lowest BCUT2D eigenvalue weighted by atomic mass is 10.3. The van der Waals surface area contributed by atoms with Crippen molar-refractivity contribution in [1.82, 2.24) is 4.72 Å². The van der Waals surface area contributed by atoms with Crippen molar-refractivity contribution < 1.29 is 23.1 Å². The van der Waals surface area contributed by atoms with Crippen LogP contribution in [-0.4, -0.2) is 26.3 Å². The van der Waals surface area contributed by atoms with Gasteiger partial charge in [-0.1, -0.05) is 0 Å². The van der Waals surface area contributed by atoms with E-state index in [1.807, 2.05) is 4.72 Å². The third kappa shape index (κ3) is 4.34. The minimum atomic E-state index is -3.93. The van der Waals surface area contributed by atoms with E-state index in [2.05, 4.69) is 5.32 Å². The van der Waals surface area contributed by atoms with E-state index in [1.165, 1.54) is 38.1 Å². The number of aliphatic carboxylic acids is 1. The van der Waals surface area contributed by atoms with E-state index in [4.69, 9.17) is 0 Å². The Kier molecular flexibility index (Phi) is 4.62. The molecule has 0 saturated heterocycles. The molecule has 0 aliphatic carbocycles. The highest BCUT2D eigenvalue weighted by molar-refractivity contribution is 7.89. The molecule has 0 bridgehead atoms. The first-order chi connectivity index (χ1) is 8.72. The van der Waals surface area contributed by atoms with Crippen molar-refractivity contribution in [3.05, 3.63) is 24.3 Å². The second-order valence-corrected chi connectivity index (χ2v) is 5.58. The van der Waals surface area contributed by atoms with Crippen molar-refractivity contribution in [2.75, 3.05) is 5.32 Å². The molecule has 0 aromatic heterocycles. The minimum absolute atomic E-state index is 0.102. The van der Waals surface area contributed by atoms with E-state index in [0.717, 1.165) is 0 Å². The van der Waals surface area contributed by atoms with Gasteiger partial charge in [-0.15, -0.1) is 0 Å². The molecule has 0 aliphatic rings. The number of hydrogen-bond acceptors (Lipinski definition) is 5. The normalized spacial score (nSPS) is 12.7. The maximum absolute atomic E-state index is 11.8. The van der Waals surface area contributed by atoms with Crippen LogP contribution in [-0.2, 0) is 19.6 Å². The first kappa shape index (κ1) is 15.1. The van der Waals surface area contributed by atoms with Crippen LogP contribution in [0.25, 0.3) is 0 Å². The number of carbonyl (C=O) groups excluding carboxylic acids is 2. The summed E-state index contributed by atoms with van der Waals surface area (Å²) in [6.07, 6.45) is 0. The molecule has 104 valence electrons. The van der Waals surface area contributed by atoms with Crippen LogP contribution in [0.3, 0.4) is 0 Å². The van der Waals surface area contributed by atoms with Gasteiger partial charge in [0.2, 0.25) is 15.9 Å². The summed E-state index contributed by atoms with van der Waals surface area (Å²) in [5.41, 5.74) is 0.444. The summed E-state index contributed by atoms with van der Waals surface area (Å²) in [6, 6.07) is 3.99. The fraction of sp³-hybridized carbons (Fsp3) is 0.273. The van der Waals surface area contributed by atoms with E-state index < -0.39 is 22.0 Å². The van der Waals surface area contributed by atoms with Crippen LogP contribution >= 0.6 is 0 Å². The van der Waals surface area contributed by atoms with Crippen molar-refractivity contribution >= 4 is 27.6 Å². The van der Waals surface area contributed by atoms with Gasteiger partial charge in [0.05, 0.1) is 16.9 Å². The molecule has 0 radical (unpaired) electrons. The Hall–Kier alpha value is -1.93. The van der Waals surface area contributed by atoms with Crippen LogP contribution in [0.2, 0.25) is 0 Å². The summed E-state index contributed by atoms with van der Waals surface area (Å²) in [7, 11) is -3.93. The topological polar surface area (TPSA) is 115 Å². The number of carboxylic acid groups (broad SMARTS) is 1. The molecular formula is C11H13N2O5S-. The average Bonchev–Trinajstić information content (AvgIpc) is 2.28. The van der Waals surface area contributed by atoms with Gasteiger partial charge in [0.15, 0.2) is 0 Å². The second-order valence-electron chi connectivity index (χ2n) is 3.87. The van der Waals surface area contributed by atoms with Gasteiger partial charge in [-0.25, -0.2) is 13.1 Å². The predicted molar refractivity (Wildman–Crippen MR) is 65.5 cm³/mol. The number of carbonyl (C=O) groups is 2. The molecule has 0 spiro atoms. The molecule has 1 aromatic rings. The minimum Gasteiger partial charge on any atom is -0.548 e. The summed E-state index contributed by atoms with van der Waals surface area (Å²) >= 11 is 0. The zero-order valence-corrected chi connectivity index (χ0v) is 11.2. The van der Waals surface area contributed by atoms with Gasteiger partial charge in [-0.3, -0.25) is 4.79 Å². The Morgan fingerprint density at radius 3 is 2.16 bits per heavy atom. The van der Waals surface area contributed by atoms with E-state index >= 15 is 0 Å². The van der Waals surface area contributed by atoms with Crippen molar-refractivity contribution in [3.8, 4) is 0 Å². The van der Waals surface area contributed by atoms with E-state index in [1.54, 1.807) is 0 Å². The van der Waals surface area contributed by atoms with Gasteiger partial charge in [-0.2, -0.15) is 0 Å². The van der Waals surface area contributed by atoms with Crippen LogP contribution in [0.4, 0.5) is 5.69 Å². The molecule has 1 aromatic carbocycles. The Morgan fingerprint density at radius 1 is 1.21 bits per heavy atom. The van der Waals surface area contributed by atoms with E-state index in [0.29, 0.717) is 5.69 Å². The van der Waals surface area contributed by atoms with Crippen LogP contribution < -0.4 is 15.1 Å². The Labute approximate surface area is 110 Å². The molecule has 1 rings (SSSR count). The van der Waals surface area contributed by atoms with Crippen molar-refractivity contribution in [3.63, 3.8) is 0 Å². The zero-order valence-electron chi connectivity index (χ0n) is 10.3. The molecule has 7 nitrogen and oxygen atoms in total. The van der Waals surface area contributed by atoms with Crippen LogP contribution in [0.5, 0.6) is 0 Å². The lowest BCUT2D eigenvalue weighted by molar-refractivity contribution is -0.307. The molecule has 8 heteroatoms. The fourth-order valence-corrected chi connectivity index (χ4v) is 2.46. The molecule has 0 saturated carbocycles. The van der Waals surface area contributed by atoms with Crippen molar-refractivity contribution in [2.45, 2.75) is 24.8 Å². The van der Waals surface area contributed by atoms with Crippen molar-refractivity contribution in [1.29, 1.82) is 0 Å². The number of hydrogen-bond donors (Lipinski definition) is 2. The Morgan fingerprint density at radius 2 is 1.74 bits per heavy atom. The molecule has 19 heavy (non-hydrogen) atoms. The average molecular weight is 285 g/mol. The number of sulfonamides is 1. The quantitative estimate of drug-likeness (QED) is 0.724. The number of anilines is 1. The predicted octanol–water partition coefficient (Wildman–Crippen LogP) is -0.938. The molecule has 0 fully saturated rings. The molecule has 0 heterocycles. The molecule has 0 unspecified atom stereocenters. The van der Waals surface area contributed by atoms with Gasteiger partial charge < -0.3 is 15.2 Å². The number of amides is 1. The van der Waals surface area contributed by atoms with Crippen LogP contribution in [0.15, 0.2) is 29.2 Å². The van der Waals surface area contributed by atoms with Gasteiger partial charge >= 0.3 is 0 Å². The zero-order chi connectivity index (χ0) is 14.6. The number of rotatable bonds is 5. The third-order valence-electron chi connectivity index (χ3n) is 2.17. The Bertz CT molecular complexity index is 580. The summed E-state index contributed by atoms with van der Waals surface area (Å²) < 4.78 is 25.5. The first-order valence-corrected chi connectivity index (χ1v) is 6.81. The molecule has 2 N–H and O–H groups in total. The number of nitrogens with one attached hydrogen (secondary N) is 2. The number of benzene rings is 1. The van der Waals surface area contributed by atoms with Crippen LogP contribution in [0, 0.1) is 0 Å². The fourth-order valence-electron chi connectivity index (χ4n) is 1.27. The summed E-state index contributed by atoms with van der Waals surface area (Å²) in [4.78, 5) is 21.2. The summed E-state index contributed by atoms with van der Waals surface area (Å²) in [5, 5.41) is 13.0. The van der Waals surface area contributed by atoms with E-state index in [-0.39, 0.29) is 10.8 Å². The van der Waals surface area contributed by atoms with Gasteiger partial charge in [-0.05, 0) is 31.2 Å². The Balaban J connectivity index is 2.90. The standard InChI is InChI=1S/C11H14N2O5S/c1-7(11(15)16)13-19(17,18)10-5-3-9(4-6-10)12-8(2)14/h3-7,13H,1-2H3,(H,12,14)(H,15,16)/p-1/t7-/m0/s1. The smallest absolute Gasteiger partial charge is 0.241 e. The maximum Gasteiger partial charge on any atom is 0.241 e. The lowest BCUT2D eigenvalue weighted by Gasteiger charge is -2.15. The monoisotopic (exact) mass is 285 g/mol. The van der Waals surface area contributed by atoms with Gasteiger partial charge in [0, 0.05) is 12.6 Å². The molecular weight excluding hydrogens is 272 g/mol. The highest BCUT2D eigenvalue weighted by atomic mass is 32.2. The molecule has 0 aliphatic heterocycles.